The average Bonchev–Trinajstić information content (AvgIpc) is 2.66. The quantitative estimate of drug-likeness (QED) is 0.237. The summed E-state index contributed by atoms with van der Waals surface area (Å²) >= 11 is 0. The standard InChI is InChI=1S/C24H34O3/c1-3-5-6-7-8-9-10-11-12-13-14-18-21(17-4-2)27-24(26)22-19-15-16-20-23(22)25/h3,5,10-11,13-16,19-21,25H,4,6-9,12,17-18H2,1-2H3/b5-3+,11-10-,14-13-. The summed E-state index contributed by atoms with van der Waals surface area (Å²) in [7, 11) is 0. The molecule has 148 valence electrons. The number of phenols is 1. The molecule has 0 fully saturated rings. The first-order chi connectivity index (χ1) is 13.2. The van der Waals surface area contributed by atoms with Gasteiger partial charge in [0.1, 0.15) is 17.4 Å². The van der Waals surface area contributed by atoms with Gasteiger partial charge < -0.3 is 9.84 Å². The van der Waals surface area contributed by atoms with Crippen LogP contribution in [0.1, 0.15) is 75.6 Å². The normalized spacial score (nSPS) is 13.0. The third-order valence-electron chi connectivity index (χ3n) is 4.24. The minimum atomic E-state index is -0.460. The van der Waals surface area contributed by atoms with Crippen LogP contribution < -0.4 is 0 Å². The zero-order chi connectivity index (χ0) is 19.7. The molecule has 3 nitrogen and oxygen atoms in total. The summed E-state index contributed by atoms with van der Waals surface area (Å²) in [6, 6.07) is 6.49. The number of carbonyl (C=O) groups excluding carboxylic acids is 1. The lowest BCUT2D eigenvalue weighted by atomic mass is 10.1. The van der Waals surface area contributed by atoms with Gasteiger partial charge in [-0.05, 0) is 57.6 Å². The summed E-state index contributed by atoms with van der Waals surface area (Å²) in [5, 5.41) is 9.78. The number of carbonyl (C=O) groups is 1. The maximum atomic E-state index is 12.2. The second kappa shape index (κ2) is 14.8. The number of rotatable bonds is 13. The van der Waals surface area contributed by atoms with Crippen LogP contribution in [0.4, 0.5) is 0 Å². The molecule has 0 saturated heterocycles. The van der Waals surface area contributed by atoms with E-state index >= 15 is 0 Å². The topological polar surface area (TPSA) is 46.5 Å². The van der Waals surface area contributed by atoms with Crippen molar-refractivity contribution in [2.24, 2.45) is 0 Å². The zero-order valence-corrected chi connectivity index (χ0v) is 16.8. The van der Waals surface area contributed by atoms with Gasteiger partial charge in [-0.2, -0.15) is 0 Å². The second-order valence-electron chi connectivity index (χ2n) is 6.60. The van der Waals surface area contributed by atoms with E-state index in [0.29, 0.717) is 6.42 Å². The van der Waals surface area contributed by atoms with Crippen LogP contribution in [0, 0.1) is 0 Å². The number of allylic oxidation sites excluding steroid dienone is 5. The highest BCUT2D eigenvalue weighted by molar-refractivity contribution is 5.92. The zero-order valence-electron chi connectivity index (χ0n) is 16.8. The Morgan fingerprint density at radius 3 is 2.48 bits per heavy atom. The van der Waals surface area contributed by atoms with E-state index in [1.54, 1.807) is 18.2 Å². The van der Waals surface area contributed by atoms with Crippen LogP contribution in [0.15, 0.2) is 60.7 Å². The van der Waals surface area contributed by atoms with E-state index in [1.165, 1.54) is 25.3 Å². The van der Waals surface area contributed by atoms with Crippen LogP contribution in [0.2, 0.25) is 0 Å². The van der Waals surface area contributed by atoms with E-state index in [2.05, 4.69) is 50.3 Å². The van der Waals surface area contributed by atoms with E-state index in [9.17, 15) is 9.90 Å². The molecule has 0 bridgehead atoms. The van der Waals surface area contributed by atoms with Crippen molar-refractivity contribution >= 4 is 5.97 Å². The molecule has 0 aliphatic heterocycles. The number of hydrogen-bond acceptors (Lipinski definition) is 3. The van der Waals surface area contributed by atoms with E-state index in [4.69, 9.17) is 4.74 Å². The lowest BCUT2D eigenvalue weighted by Gasteiger charge is -2.16. The van der Waals surface area contributed by atoms with E-state index in [-0.39, 0.29) is 17.4 Å². The number of unbranched alkanes of at least 4 members (excludes halogenated alkanes) is 3. The minimum Gasteiger partial charge on any atom is -0.507 e. The monoisotopic (exact) mass is 370 g/mol. The minimum absolute atomic E-state index is 0.0378. The molecule has 1 rings (SSSR count). The highest BCUT2D eigenvalue weighted by atomic mass is 16.5. The van der Waals surface area contributed by atoms with Crippen LogP contribution in [-0.2, 0) is 4.74 Å². The average molecular weight is 371 g/mol. The molecule has 0 amide bonds. The summed E-state index contributed by atoms with van der Waals surface area (Å²) in [4.78, 5) is 12.2. The predicted molar refractivity (Wildman–Crippen MR) is 113 cm³/mol. The largest absolute Gasteiger partial charge is 0.507 e. The van der Waals surface area contributed by atoms with Crippen LogP contribution in [0.25, 0.3) is 0 Å². The fraction of sp³-hybridized carbons (Fsp3) is 0.458. The van der Waals surface area contributed by atoms with Gasteiger partial charge >= 0.3 is 5.97 Å². The van der Waals surface area contributed by atoms with Crippen LogP contribution in [0.3, 0.4) is 0 Å². The first-order valence-corrected chi connectivity index (χ1v) is 10.1. The highest BCUT2D eigenvalue weighted by Crippen LogP contribution is 2.19. The molecule has 0 radical (unpaired) electrons. The van der Waals surface area contributed by atoms with Gasteiger partial charge in [-0.25, -0.2) is 4.79 Å². The van der Waals surface area contributed by atoms with Gasteiger partial charge in [-0.3, -0.25) is 0 Å². The van der Waals surface area contributed by atoms with Crippen molar-refractivity contribution in [2.75, 3.05) is 0 Å². The van der Waals surface area contributed by atoms with Crippen molar-refractivity contribution in [1.82, 2.24) is 0 Å². The Hall–Kier alpha value is -2.29. The van der Waals surface area contributed by atoms with Gasteiger partial charge in [0.05, 0.1) is 0 Å². The number of hydrogen-bond donors (Lipinski definition) is 1. The second-order valence-corrected chi connectivity index (χ2v) is 6.60. The third-order valence-corrected chi connectivity index (χ3v) is 4.24. The molecule has 0 aromatic heterocycles. The Morgan fingerprint density at radius 2 is 1.78 bits per heavy atom. The molecular weight excluding hydrogens is 336 g/mol. The van der Waals surface area contributed by atoms with Crippen molar-refractivity contribution in [2.45, 2.75) is 71.3 Å². The number of phenolic OH excluding ortho intramolecular Hbond substituents is 1. The van der Waals surface area contributed by atoms with E-state index in [1.807, 2.05) is 0 Å². The Bertz CT molecular complexity index is 614. The fourth-order valence-corrected chi connectivity index (χ4v) is 2.74. The van der Waals surface area contributed by atoms with Crippen molar-refractivity contribution < 1.29 is 14.6 Å². The number of benzene rings is 1. The molecule has 1 aromatic carbocycles. The first-order valence-electron chi connectivity index (χ1n) is 10.1. The number of aromatic hydroxyl groups is 1. The molecule has 0 aliphatic rings. The molecule has 0 heterocycles. The summed E-state index contributed by atoms with van der Waals surface area (Å²) < 4.78 is 5.58. The summed E-state index contributed by atoms with van der Waals surface area (Å²) in [5.41, 5.74) is 0.222. The van der Waals surface area contributed by atoms with Crippen molar-refractivity contribution in [1.29, 1.82) is 0 Å². The predicted octanol–water partition coefficient (Wildman–Crippen LogP) is 6.75. The van der Waals surface area contributed by atoms with Gasteiger partial charge in [0.2, 0.25) is 0 Å². The molecule has 0 saturated carbocycles. The Kier molecular flexibility index (Phi) is 12.5. The smallest absolute Gasteiger partial charge is 0.342 e. The number of para-hydroxylation sites is 1. The van der Waals surface area contributed by atoms with Gasteiger partial charge in [0.15, 0.2) is 0 Å². The summed E-state index contributed by atoms with van der Waals surface area (Å²) in [6.07, 6.45) is 20.9. The third kappa shape index (κ3) is 10.4. The number of ether oxygens (including phenoxy) is 1. The lowest BCUT2D eigenvalue weighted by molar-refractivity contribution is 0.0284. The first kappa shape index (κ1) is 22.8. The summed E-state index contributed by atoms with van der Waals surface area (Å²) in [6.45, 7) is 4.13. The maximum Gasteiger partial charge on any atom is 0.342 e. The Balaban J connectivity index is 2.32. The van der Waals surface area contributed by atoms with Crippen molar-refractivity contribution in [3.05, 3.63) is 66.3 Å². The van der Waals surface area contributed by atoms with Crippen molar-refractivity contribution in [3.63, 3.8) is 0 Å². The SMILES string of the molecule is C/C=C/CCCC/C=C\C/C=C\CC(CCC)OC(=O)c1ccccc1O. The van der Waals surface area contributed by atoms with Crippen molar-refractivity contribution in [3.8, 4) is 5.75 Å². The molecule has 0 spiro atoms. The van der Waals surface area contributed by atoms with E-state index < -0.39 is 5.97 Å². The molecule has 1 N–H and O–H groups in total. The van der Waals surface area contributed by atoms with Gasteiger partial charge in [0, 0.05) is 6.42 Å². The maximum absolute atomic E-state index is 12.2. The lowest BCUT2D eigenvalue weighted by Crippen LogP contribution is -2.17. The van der Waals surface area contributed by atoms with Gasteiger partial charge in [-0.1, -0.05) is 61.9 Å². The summed E-state index contributed by atoms with van der Waals surface area (Å²) in [5.74, 6) is -0.498. The Morgan fingerprint density at radius 1 is 1.07 bits per heavy atom. The molecule has 27 heavy (non-hydrogen) atoms. The van der Waals surface area contributed by atoms with Crippen LogP contribution >= 0.6 is 0 Å². The van der Waals surface area contributed by atoms with Gasteiger partial charge in [-0.15, -0.1) is 0 Å². The highest BCUT2D eigenvalue weighted by Gasteiger charge is 2.16. The molecule has 1 unspecified atom stereocenters. The molecule has 1 atom stereocenters. The molecule has 3 heteroatoms. The Labute approximate surface area is 164 Å². The van der Waals surface area contributed by atoms with E-state index in [0.717, 1.165) is 25.7 Å². The van der Waals surface area contributed by atoms with Gasteiger partial charge in [0.25, 0.3) is 0 Å². The molecule has 0 aliphatic carbocycles. The van der Waals surface area contributed by atoms with Crippen LogP contribution in [0.5, 0.6) is 5.75 Å². The fourth-order valence-electron chi connectivity index (χ4n) is 2.74. The number of esters is 1. The van der Waals surface area contributed by atoms with Crippen LogP contribution in [-0.4, -0.2) is 17.2 Å². The molecular formula is C24H34O3. The molecule has 1 aromatic rings.